The number of carbonyl (C=O) groups excluding carboxylic acids is 1. The van der Waals surface area contributed by atoms with Gasteiger partial charge in [-0.15, -0.1) is 0 Å². The first kappa shape index (κ1) is 19.4. The van der Waals surface area contributed by atoms with E-state index in [-0.39, 0.29) is 35.9 Å². The molecule has 1 saturated heterocycles. The van der Waals surface area contributed by atoms with E-state index >= 15 is 0 Å². The fourth-order valence-corrected chi connectivity index (χ4v) is 5.51. The average molecular weight is 412 g/mol. The second-order valence-corrected chi connectivity index (χ2v) is 10.7. The van der Waals surface area contributed by atoms with Crippen molar-refractivity contribution in [1.82, 2.24) is 15.1 Å². The molecule has 2 heterocycles. The van der Waals surface area contributed by atoms with E-state index in [0.717, 1.165) is 16.5 Å². The van der Waals surface area contributed by atoms with Crippen LogP contribution in [0.15, 0.2) is 35.4 Å². The molecule has 0 aliphatic carbocycles. The summed E-state index contributed by atoms with van der Waals surface area (Å²) in [7, 11) is -7.08. The van der Waals surface area contributed by atoms with Crippen molar-refractivity contribution in [2.75, 3.05) is 23.5 Å². The third-order valence-electron chi connectivity index (χ3n) is 4.34. The molecule has 1 amide bonds. The van der Waals surface area contributed by atoms with Crippen LogP contribution in [0, 0.1) is 0 Å². The molecular weight excluding hydrogens is 392 g/mol. The highest BCUT2D eigenvalue weighted by molar-refractivity contribution is 7.91. The Kier molecular flexibility index (Phi) is 5.00. The summed E-state index contributed by atoms with van der Waals surface area (Å²) in [4.78, 5) is 12.6. The number of nitrogens with two attached hydrogens (primary N) is 1. The van der Waals surface area contributed by atoms with Crippen molar-refractivity contribution in [3.8, 4) is 0 Å². The Morgan fingerprint density at radius 2 is 2.00 bits per heavy atom. The van der Waals surface area contributed by atoms with Crippen LogP contribution in [0.3, 0.4) is 0 Å². The van der Waals surface area contributed by atoms with E-state index in [0.29, 0.717) is 0 Å². The molecule has 1 fully saturated rings. The molecule has 1 atom stereocenters. The van der Waals surface area contributed by atoms with E-state index in [1.165, 1.54) is 0 Å². The number of benzene rings is 1. The van der Waals surface area contributed by atoms with Crippen molar-refractivity contribution in [3.05, 3.63) is 41.5 Å². The van der Waals surface area contributed by atoms with Crippen LogP contribution >= 0.6 is 0 Å². The fraction of sp³-hybridized carbons (Fsp3) is 0.375. The molecule has 0 saturated carbocycles. The van der Waals surface area contributed by atoms with Crippen molar-refractivity contribution in [3.63, 3.8) is 0 Å². The minimum Gasteiger partial charge on any atom is -0.383 e. The number of amides is 1. The van der Waals surface area contributed by atoms with E-state index < -0.39 is 36.6 Å². The number of sulfone groups is 2. The second-order valence-electron chi connectivity index (χ2n) is 6.51. The lowest BCUT2D eigenvalue weighted by Crippen LogP contribution is -2.25. The first-order valence-electron chi connectivity index (χ1n) is 8.19. The summed E-state index contributed by atoms with van der Waals surface area (Å²) in [5, 5.41) is 6.17. The molecule has 0 radical (unpaired) electrons. The van der Waals surface area contributed by atoms with Crippen LogP contribution in [0.5, 0.6) is 0 Å². The third-order valence-corrected chi connectivity index (χ3v) is 7.08. The van der Waals surface area contributed by atoms with Crippen molar-refractivity contribution in [2.24, 2.45) is 0 Å². The third kappa shape index (κ3) is 4.14. The maximum absolute atomic E-state index is 12.6. The minimum absolute atomic E-state index is 0.0271. The predicted molar refractivity (Wildman–Crippen MR) is 99.7 cm³/mol. The van der Waals surface area contributed by atoms with Gasteiger partial charge in [0.05, 0.1) is 17.5 Å². The lowest BCUT2D eigenvalue weighted by Gasteiger charge is -2.11. The van der Waals surface area contributed by atoms with Gasteiger partial charge in [0.15, 0.2) is 24.7 Å². The number of aromatic nitrogens is 2. The van der Waals surface area contributed by atoms with Gasteiger partial charge in [0, 0.05) is 12.8 Å². The maximum atomic E-state index is 12.6. The Hall–Kier alpha value is -2.40. The van der Waals surface area contributed by atoms with E-state index in [1.807, 2.05) is 30.3 Å². The average Bonchev–Trinajstić information content (AvgIpc) is 3.13. The lowest BCUT2D eigenvalue weighted by atomic mass is 10.2. The predicted octanol–water partition coefficient (Wildman–Crippen LogP) is 0.158. The Labute approximate surface area is 157 Å². The summed E-state index contributed by atoms with van der Waals surface area (Å²) in [5.74, 6) is -1.04. The van der Waals surface area contributed by atoms with Crippen LogP contribution in [-0.4, -0.2) is 50.3 Å². The molecular formula is C16H20N4O5S2. The van der Waals surface area contributed by atoms with Crippen molar-refractivity contribution in [1.29, 1.82) is 0 Å². The van der Waals surface area contributed by atoms with Crippen LogP contribution in [0.2, 0.25) is 0 Å². The normalized spacial score (nSPS) is 19.1. The molecule has 3 N–H and O–H groups in total. The standard InChI is InChI=1S/C16H20N4O5S2/c1-26(22,23)16-13(15(21)18-9-11-5-3-2-4-6-11)14(17)20(19-16)12-7-8-27(24,25)10-12/h2-6,12H,7-10,17H2,1H3,(H,18,21)/t12-/m0/s1. The highest BCUT2D eigenvalue weighted by Crippen LogP contribution is 2.30. The van der Waals surface area contributed by atoms with Gasteiger partial charge >= 0.3 is 0 Å². The highest BCUT2D eigenvalue weighted by Gasteiger charge is 2.35. The van der Waals surface area contributed by atoms with Crippen LogP contribution in [0.1, 0.15) is 28.4 Å². The summed E-state index contributed by atoms with van der Waals surface area (Å²) in [5.41, 5.74) is 6.60. The van der Waals surface area contributed by atoms with E-state index in [2.05, 4.69) is 10.4 Å². The zero-order valence-corrected chi connectivity index (χ0v) is 16.3. The molecule has 1 aliphatic heterocycles. The molecule has 1 aromatic heterocycles. The molecule has 1 aromatic carbocycles. The summed E-state index contributed by atoms with van der Waals surface area (Å²) >= 11 is 0. The number of anilines is 1. The zero-order valence-electron chi connectivity index (χ0n) is 14.6. The summed E-state index contributed by atoms with van der Waals surface area (Å²) in [6, 6.07) is 8.51. The van der Waals surface area contributed by atoms with Gasteiger partial charge in [-0.1, -0.05) is 30.3 Å². The van der Waals surface area contributed by atoms with Crippen molar-refractivity contribution >= 4 is 31.4 Å². The molecule has 146 valence electrons. The molecule has 0 spiro atoms. The SMILES string of the molecule is CS(=O)(=O)c1nn([C@H]2CCS(=O)(=O)C2)c(N)c1C(=O)NCc1ccccc1. The summed E-state index contributed by atoms with van der Waals surface area (Å²) in [6.07, 6.45) is 1.20. The first-order valence-corrected chi connectivity index (χ1v) is 11.9. The Bertz CT molecular complexity index is 1080. The van der Waals surface area contributed by atoms with Crippen LogP contribution in [0.25, 0.3) is 0 Å². The van der Waals surface area contributed by atoms with E-state index in [9.17, 15) is 21.6 Å². The van der Waals surface area contributed by atoms with Gasteiger partial charge in [0.25, 0.3) is 5.91 Å². The van der Waals surface area contributed by atoms with Crippen LogP contribution < -0.4 is 11.1 Å². The molecule has 2 aromatic rings. The fourth-order valence-electron chi connectivity index (χ4n) is 3.01. The maximum Gasteiger partial charge on any atom is 0.258 e. The monoisotopic (exact) mass is 412 g/mol. The van der Waals surface area contributed by atoms with Gasteiger partial charge in [-0.2, -0.15) is 5.10 Å². The number of nitrogens with one attached hydrogen (secondary N) is 1. The van der Waals surface area contributed by atoms with Crippen LogP contribution in [0.4, 0.5) is 5.82 Å². The smallest absolute Gasteiger partial charge is 0.258 e. The number of rotatable bonds is 5. The summed E-state index contributed by atoms with van der Waals surface area (Å²) in [6.45, 7) is 0.186. The Balaban J connectivity index is 1.94. The summed E-state index contributed by atoms with van der Waals surface area (Å²) < 4.78 is 48.8. The van der Waals surface area contributed by atoms with Gasteiger partial charge in [0.1, 0.15) is 11.4 Å². The van der Waals surface area contributed by atoms with Gasteiger partial charge in [-0.05, 0) is 12.0 Å². The zero-order chi connectivity index (χ0) is 19.8. The molecule has 1 aliphatic rings. The Morgan fingerprint density at radius 1 is 1.33 bits per heavy atom. The topological polar surface area (TPSA) is 141 Å². The van der Waals surface area contributed by atoms with Gasteiger partial charge in [-0.3, -0.25) is 4.79 Å². The quantitative estimate of drug-likeness (QED) is 0.712. The number of hydrogen-bond acceptors (Lipinski definition) is 7. The van der Waals surface area contributed by atoms with Crippen molar-refractivity contribution < 1.29 is 21.6 Å². The van der Waals surface area contributed by atoms with Crippen LogP contribution in [-0.2, 0) is 26.2 Å². The van der Waals surface area contributed by atoms with Gasteiger partial charge in [-0.25, -0.2) is 21.5 Å². The first-order chi connectivity index (χ1) is 12.6. The largest absolute Gasteiger partial charge is 0.383 e. The number of nitrogens with zero attached hydrogens (tertiary/aromatic N) is 2. The van der Waals surface area contributed by atoms with E-state index in [4.69, 9.17) is 5.73 Å². The second kappa shape index (κ2) is 6.97. The van der Waals surface area contributed by atoms with Gasteiger partial charge in [0.2, 0.25) is 0 Å². The lowest BCUT2D eigenvalue weighted by molar-refractivity contribution is 0.0948. The number of nitrogen functional groups attached to an aromatic ring is 1. The van der Waals surface area contributed by atoms with E-state index in [1.54, 1.807) is 0 Å². The molecule has 3 rings (SSSR count). The highest BCUT2D eigenvalue weighted by atomic mass is 32.2. The molecule has 11 heteroatoms. The molecule has 0 bridgehead atoms. The molecule has 9 nitrogen and oxygen atoms in total. The Morgan fingerprint density at radius 3 is 2.56 bits per heavy atom. The minimum atomic E-state index is -3.84. The van der Waals surface area contributed by atoms with Gasteiger partial charge < -0.3 is 11.1 Å². The molecule has 0 unspecified atom stereocenters. The number of hydrogen-bond donors (Lipinski definition) is 2. The molecule has 27 heavy (non-hydrogen) atoms. The number of carbonyl (C=O) groups is 1. The van der Waals surface area contributed by atoms with Crippen molar-refractivity contribution in [2.45, 2.75) is 24.0 Å².